The Morgan fingerprint density at radius 1 is 1.50 bits per heavy atom. The Morgan fingerprint density at radius 2 is 2.25 bits per heavy atom. The van der Waals surface area contributed by atoms with Crippen molar-refractivity contribution >= 4 is 5.96 Å². The maximum Gasteiger partial charge on any atom is 0.390 e. The summed E-state index contributed by atoms with van der Waals surface area (Å²) in [6.45, 7) is 0.698. The molecule has 0 aromatic rings. The first-order valence-electron chi connectivity index (χ1n) is 6.67. The minimum atomic E-state index is -4.12. The van der Waals surface area contributed by atoms with Gasteiger partial charge in [0.1, 0.15) is 5.66 Å². The summed E-state index contributed by atoms with van der Waals surface area (Å²) in [6.07, 6.45) is 0.618. The van der Waals surface area contributed by atoms with Crippen LogP contribution < -0.4 is 16.8 Å². The second kappa shape index (κ2) is 5.61. The molecule has 1 saturated heterocycles. The predicted octanol–water partition coefficient (Wildman–Crippen LogP) is 0.880. The third-order valence-corrected chi connectivity index (χ3v) is 3.68. The lowest BCUT2D eigenvalue weighted by Crippen LogP contribution is -2.48. The van der Waals surface area contributed by atoms with E-state index in [9.17, 15) is 13.2 Å². The molecule has 2 aliphatic rings. The Morgan fingerprint density at radius 3 is 2.90 bits per heavy atom. The molecule has 114 valence electrons. The van der Waals surface area contributed by atoms with Crippen molar-refractivity contribution in [2.75, 3.05) is 13.1 Å². The smallest absolute Gasteiger partial charge is 0.370 e. The van der Waals surface area contributed by atoms with Crippen LogP contribution in [0.3, 0.4) is 0 Å². The van der Waals surface area contributed by atoms with Crippen LogP contribution in [-0.4, -0.2) is 41.8 Å². The molecule has 0 aliphatic carbocycles. The van der Waals surface area contributed by atoms with Crippen molar-refractivity contribution in [3.05, 3.63) is 12.3 Å². The molecular weight excluding hydrogens is 271 g/mol. The highest BCUT2D eigenvalue weighted by atomic mass is 19.4. The third kappa shape index (κ3) is 4.11. The summed E-state index contributed by atoms with van der Waals surface area (Å²) < 4.78 is 36.9. The van der Waals surface area contributed by atoms with E-state index in [1.54, 1.807) is 12.3 Å². The quantitative estimate of drug-likeness (QED) is 0.718. The fraction of sp³-hybridized carbons (Fsp3) is 0.750. The first kappa shape index (κ1) is 15.1. The van der Waals surface area contributed by atoms with Crippen molar-refractivity contribution in [3.63, 3.8) is 0 Å². The molecule has 0 aromatic heterocycles. The number of halogens is 3. The molecular formula is C12H20F3N5. The number of nitrogens with zero attached hydrogens (tertiary/aromatic N) is 2. The molecule has 0 aromatic carbocycles. The first-order chi connectivity index (χ1) is 9.27. The molecule has 1 fully saturated rings. The van der Waals surface area contributed by atoms with Gasteiger partial charge in [0.2, 0.25) is 0 Å². The van der Waals surface area contributed by atoms with E-state index in [2.05, 4.69) is 10.3 Å². The normalized spacial score (nSPS) is 31.2. The van der Waals surface area contributed by atoms with Gasteiger partial charge in [-0.25, -0.2) is 4.99 Å². The molecule has 20 heavy (non-hydrogen) atoms. The lowest BCUT2D eigenvalue weighted by molar-refractivity contribution is -0.138. The fourth-order valence-corrected chi connectivity index (χ4v) is 2.75. The predicted molar refractivity (Wildman–Crippen MR) is 70.7 cm³/mol. The minimum absolute atomic E-state index is 0.0154. The number of guanidine groups is 1. The van der Waals surface area contributed by atoms with Gasteiger partial charge in [-0.15, -0.1) is 0 Å². The molecule has 0 radical (unpaired) electrons. The van der Waals surface area contributed by atoms with Gasteiger partial charge in [0.05, 0.1) is 6.42 Å². The summed E-state index contributed by atoms with van der Waals surface area (Å²) in [7, 11) is 0. The number of nitrogens with one attached hydrogen (secondary N) is 1. The van der Waals surface area contributed by atoms with Crippen molar-refractivity contribution in [1.82, 2.24) is 10.2 Å². The number of rotatable bonds is 4. The molecule has 2 atom stereocenters. The van der Waals surface area contributed by atoms with Crippen LogP contribution in [0.2, 0.25) is 0 Å². The number of nitrogens with two attached hydrogens (primary N) is 2. The van der Waals surface area contributed by atoms with Crippen LogP contribution in [-0.2, 0) is 0 Å². The van der Waals surface area contributed by atoms with Crippen molar-refractivity contribution in [2.24, 2.45) is 16.5 Å². The number of hydrogen-bond acceptors (Lipinski definition) is 5. The van der Waals surface area contributed by atoms with Crippen LogP contribution >= 0.6 is 0 Å². The van der Waals surface area contributed by atoms with E-state index < -0.39 is 18.3 Å². The largest absolute Gasteiger partial charge is 0.390 e. The Hall–Kier alpha value is -1.28. The maximum atomic E-state index is 12.3. The third-order valence-electron chi connectivity index (χ3n) is 3.68. The maximum absolute atomic E-state index is 12.3. The summed E-state index contributed by atoms with van der Waals surface area (Å²) in [6, 6.07) is 0.0154. The van der Waals surface area contributed by atoms with Crippen LogP contribution in [0.1, 0.15) is 25.7 Å². The lowest BCUT2D eigenvalue weighted by atomic mass is 9.99. The van der Waals surface area contributed by atoms with E-state index >= 15 is 0 Å². The zero-order valence-corrected chi connectivity index (χ0v) is 11.2. The number of hydrogen-bond donors (Lipinski definition) is 3. The van der Waals surface area contributed by atoms with Crippen molar-refractivity contribution in [1.29, 1.82) is 0 Å². The van der Waals surface area contributed by atoms with Gasteiger partial charge in [-0.1, -0.05) is 0 Å². The van der Waals surface area contributed by atoms with E-state index in [0.29, 0.717) is 13.0 Å². The molecule has 2 unspecified atom stereocenters. The molecule has 0 spiro atoms. The van der Waals surface area contributed by atoms with Crippen LogP contribution in [0.4, 0.5) is 13.2 Å². The highest BCUT2D eigenvalue weighted by molar-refractivity contribution is 5.80. The van der Waals surface area contributed by atoms with Gasteiger partial charge < -0.3 is 16.8 Å². The highest BCUT2D eigenvalue weighted by Gasteiger charge is 2.35. The topological polar surface area (TPSA) is 79.7 Å². The number of alkyl halides is 3. The molecule has 8 heteroatoms. The van der Waals surface area contributed by atoms with Gasteiger partial charge in [0.25, 0.3) is 0 Å². The average molecular weight is 291 g/mol. The summed E-state index contributed by atoms with van der Waals surface area (Å²) in [5.74, 6) is 0.231. The molecule has 0 bridgehead atoms. The Labute approximate surface area is 115 Å². The van der Waals surface area contributed by atoms with E-state index in [1.807, 2.05) is 4.90 Å². The van der Waals surface area contributed by atoms with Crippen LogP contribution in [0, 0.1) is 0 Å². The summed E-state index contributed by atoms with van der Waals surface area (Å²) in [5, 5.41) is 2.72. The number of aliphatic imine (C=N–C) groups is 1. The molecule has 5 N–H and O–H groups in total. The van der Waals surface area contributed by atoms with Gasteiger partial charge in [-0.3, -0.25) is 4.90 Å². The molecule has 2 heterocycles. The second-order valence-corrected chi connectivity index (χ2v) is 5.37. The molecule has 2 aliphatic heterocycles. The highest BCUT2D eigenvalue weighted by Crippen LogP contribution is 2.28. The van der Waals surface area contributed by atoms with Crippen molar-refractivity contribution < 1.29 is 13.2 Å². The molecule has 0 saturated carbocycles. The minimum Gasteiger partial charge on any atom is -0.370 e. The number of likely N-dealkylation sites (tertiary alicyclic amines) is 1. The standard InChI is InChI=1S/C12H20F3N5/c13-12(14,15)4-7-20-6-1-2-9(20)8-11(17)3-5-18-10(16)19-11/h3,5,9H,1-2,4,6-8,17H2,(H3,16,18,19). The lowest BCUT2D eigenvalue weighted by Gasteiger charge is -2.32. The molecule has 0 amide bonds. The first-order valence-corrected chi connectivity index (χ1v) is 6.67. The van der Waals surface area contributed by atoms with Gasteiger partial charge in [0.15, 0.2) is 5.96 Å². The monoisotopic (exact) mass is 291 g/mol. The summed E-state index contributed by atoms with van der Waals surface area (Å²) >= 11 is 0. The Kier molecular flexibility index (Phi) is 4.24. The van der Waals surface area contributed by atoms with E-state index in [1.165, 1.54) is 0 Å². The fourth-order valence-electron chi connectivity index (χ4n) is 2.75. The van der Waals surface area contributed by atoms with Crippen molar-refractivity contribution in [3.8, 4) is 0 Å². The van der Waals surface area contributed by atoms with E-state index in [-0.39, 0.29) is 18.5 Å². The van der Waals surface area contributed by atoms with E-state index in [4.69, 9.17) is 11.5 Å². The van der Waals surface area contributed by atoms with Gasteiger partial charge in [-0.05, 0) is 25.5 Å². The summed E-state index contributed by atoms with van der Waals surface area (Å²) in [5.41, 5.74) is 10.8. The SMILES string of the molecule is NC1=NC(N)(CC2CCCN2CCC(F)(F)F)C=CN1. The van der Waals surface area contributed by atoms with Crippen molar-refractivity contribution in [2.45, 2.75) is 43.6 Å². The van der Waals surface area contributed by atoms with E-state index in [0.717, 1.165) is 12.8 Å². The Bertz CT molecular complexity index is 406. The van der Waals surface area contributed by atoms with Crippen LogP contribution in [0.5, 0.6) is 0 Å². The summed E-state index contributed by atoms with van der Waals surface area (Å²) in [4.78, 5) is 6.00. The average Bonchev–Trinajstić information content (AvgIpc) is 2.71. The van der Waals surface area contributed by atoms with Gasteiger partial charge in [-0.2, -0.15) is 13.2 Å². The van der Waals surface area contributed by atoms with Gasteiger partial charge in [0, 0.05) is 25.2 Å². The van der Waals surface area contributed by atoms with Crippen LogP contribution in [0.25, 0.3) is 0 Å². The Balaban J connectivity index is 1.94. The second-order valence-electron chi connectivity index (χ2n) is 5.37. The molecule has 5 nitrogen and oxygen atoms in total. The van der Waals surface area contributed by atoms with Crippen LogP contribution in [0.15, 0.2) is 17.3 Å². The van der Waals surface area contributed by atoms with Gasteiger partial charge >= 0.3 is 6.18 Å². The molecule has 2 rings (SSSR count). The zero-order chi connectivity index (χ0) is 14.8. The zero-order valence-electron chi connectivity index (χ0n) is 11.2.